The Morgan fingerprint density at radius 3 is 2.73 bits per heavy atom. The molecule has 2 nitrogen and oxygen atoms in total. The molecule has 0 saturated carbocycles. The van der Waals surface area contributed by atoms with Gasteiger partial charge in [-0.05, 0) is 32.0 Å². The van der Waals surface area contributed by atoms with E-state index in [1.165, 1.54) is 0 Å². The number of rotatable bonds is 1. The lowest BCUT2D eigenvalue weighted by molar-refractivity contribution is 0.758. The summed E-state index contributed by atoms with van der Waals surface area (Å²) >= 11 is 5.88. The first-order valence-corrected chi connectivity index (χ1v) is 5.31. The zero-order valence-electron chi connectivity index (χ0n) is 8.75. The SMILES string of the molecule is CCn1c(C)cc(=O)c2cc(Cl)ccc21. The molecule has 0 aliphatic rings. The maximum absolute atomic E-state index is 11.7. The summed E-state index contributed by atoms with van der Waals surface area (Å²) < 4.78 is 2.10. The molecule has 0 aliphatic heterocycles. The minimum Gasteiger partial charge on any atom is -0.345 e. The number of aryl methyl sites for hydroxylation is 2. The van der Waals surface area contributed by atoms with Crippen molar-refractivity contribution in [1.29, 1.82) is 0 Å². The molecule has 0 N–H and O–H groups in total. The van der Waals surface area contributed by atoms with Gasteiger partial charge in [0.1, 0.15) is 0 Å². The summed E-state index contributed by atoms with van der Waals surface area (Å²) in [6.07, 6.45) is 0. The van der Waals surface area contributed by atoms with E-state index in [9.17, 15) is 4.79 Å². The lowest BCUT2D eigenvalue weighted by Crippen LogP contribution is -2.10. The van der Waals surface area contributed by atoms with E-state index in [1.807, 2.05) is 19.1 Å². The van der Waals surface area contributed by atoms with Crippen LogP contribution in [0.3, 0.4) is 0 Å². The standard InChI is InChI=1S/C12H12ClNO/c1-3-14-8(2)6-12(15)10-7-9(13)4-5-11(10)14/h4-7H,3H2,1-2H3. The van der Waals surface area contributed by atoms with Crippen LogP contribution in [0.25, 0.3) is 10.9 Å². The van der Waals surface area contributed by atoms with Crippen molar-refractivity contribution in [2.24, 2.45) is 0 Å². The van der Waals surface area contributed by atoms with Gasteiger partial charge >= 0.3 is 0 Å². The summed E-state index contributed by atoms with van der Waals surface area (Å²) in [7, 11) is 0. The second-order valence-electron chi connectivity index (χ2n) is 3.56. The highest BCUT2D eigenvalue weighted by Gasteiger charge is 2.05. The Morgan fingerprint density at radius 1 is 1.33 bits per heavy atom. The maximum Gasteiger partial charge on any atom is 0.189 e. The van der Waals surface area contributed by atoms with Crippen LogP contribution < -0.4 is 5.43 Å². The van der Waals surface area contributed by atoms with Crippen molar-refractivity contribution in [2.45, 2.75) is 20.4 Å². The highest BCUT2D eigenvalue weighted by atomic mass is 35.5. The van der Waals surface area contributed by atoms with Gasteiger partial charge in [0.15, 0.2) is 5.43 Å². The van der Waals surface area contributed by atoms with Gasteiger partial charge in [-0.15, -0.1) is 0 Å². The molecule has 1 aromatic carbocycles. The van der Waals surface area contributed by atoms with Gasteiger partial charge in [-0.25, -0.2) is 0 Å². The van der Waals surface area contributed by atoms with Crippen molar-refractivity contribution in [2.75, 3.05) is 0 Å². The summed E-state index contributed by atoms with van der Waals surface area (Å²) in [6, 6.07) is 7.09. The highest BCUT2D eigenvalue weighted by molar-refractivity contribution is 6.31. The topological polar surface area (TPSA) is 22.0 Å². The van der Waals surface area contributed by atoms with Crippen molar-refractivity contribution >= 4 is 22.5 Å². The third-order valence-electron chi connectivity index (χ3n) is 2.60. The molecule has 0 amide bonds. The van der Waals surface area contributed by atoms with E-state index in [2.05, 4.69) is 11.5 Å². The Bertz CT molecular complexity index is 572. The van der Waals surface area contributed by atoms with Gasteiger partial charge < -0.3 is 4.57 Å². The average molecular weight is 222 g/mol. The summed E-state index contributed by atoms with van der Waals surface area (Å²) in [6.45, 7) is 4.86. The third kappa shape index (κ3) is 1.65. The van der Waals surface area contributed by atoms with Gasteiger partial charge in [-0.2, -0.15) is 0 Å². The van der Waals surface area contributed by atoms with Crippen LogP contribution in [0.5, 0.6) is 0 Å². The van der Waals surface area contributed by atoms with Gasteiger partial charge in [0.25, 0.3) is 0 Å². The zero-order chi connectivity index (χ0) is 11.0. The summed E-state index contributed by atoms with van der Waals surface area (Å²) in [5.41, 5.74) is 1.97. The van der Waals surface area contributed by atoms with Gasteiger partial charge in [-0.3, -0.25) is 4.79 Å². The smallest absolute Gasteiger partial charge is 0.189 e. The molecule has 78 valence electrons. The van der Waals surface area contributed by atoms with E-state index in [4.69, 9.17) is 11.6 Å². The number of pyridine rings is 1. The predicted molar refractivity (Wildman–Crippen MR) is 63.6 cm³/mol. The normalized spacial score (nSPS) is 10.9. The van der Waals surface area contributed by atoms with Crippen LogP contribution in [-0.4, -0.2) is 4.57 Å². The molecule has 1 aromatic heterocycles. The quantitative estimate of drug-likeness (QED) is 0.726. The fraction of sp³-hybridized carbons (Fsp3) is 0.250. The molecule has 0 saturated heterocycles. The van der Waals surface area contributed by atoms with E-state index in [1.54, 1.807) is 12.1 Å². The molecule has 0 unspecified atom stereocenters. The summed E-state index contributed by atoms with van der Waals surface area (Å²) in [4.78, 5) is 11.7. The van der Waals surface area contributed by atoms with Gasteiger partial charge in [0, 0.05) is 28.7 Å². The first-order valence-electron chi connectivity index (χ1n) is 4.93. The molecular weight excluding hydrogens is 210 g/mol. The van der Waals surface area contributed by atoms with E-state index >= 15 is 0 Å². The highest BCUT2D eigenvalue weighted by Crippen LogP contribution is 2.17. The minimum absolute atomic E-state index is 0.0368. The van der Waals surface area contributed by atoms with Crippen LogP contribution in [0.1, 0.15) is 12.6 Å². The van der Waals surface area contributed by atoms with Crippen molar-refractivity contribution in [3.63, 3.8) is 0 Å². The zero-order valence-corrected chi connectivity index (χ0v) is 9.51. The molecule has 0 atom stereocenters. The average Bonchev–Trinajstić information content (AvgIpc) is 2.19. The number of benzene rings is 1. The van der Waals surface area contributed by atoms with E-state index in [0.717, 1.165) is 17.8 Å². The molecule has 0 aliphatic carbocycles. The van der Waals surface area contributed by atoms with Crippen molar-refractivity contribution in [3.05, 3.63) is 45.2 Å². The molecule has 2 rings (SSSR count). The van der Waals surface area contributed by atoms with Gasteiger partial charge in [0.2, 0.25) is 0 Å². The maximum atomic E-state index is 11.7. The Balaban J connectivity index is 2.96. The second kappa shape index (κ2) is 3.70. The molecule has 2 aromatic rings. The fourth-order valence-electron chi connectivity index (χ4n) is 1.90. The van der Waals surface area contributed by atoms with Gasteiger partial charge in [-0.1, -0.05) is 11.6 Å². The van der Waals surface area contributed by atoms with E-state index in [-0.39, 0.29) is 5.43 Å². The minimum atomic E-state index is 0.0368. The first kappa shape index (κ1) is 10.2. The van der Waals surface area contributed by atoms with Gasteiger partial charge in [0.05, 0.1) is 5.52 Å². The van der Waals surface area contributed by atoms with Crippen LogP contribution >= 0.6 is 11.6 Å². The van der Waals surface area contributed by atoms with E-state index < -0.39 is 0 Å². The van der Waals surface area contributed by atoms with Crippen LogP contribution in [0.2, 0.25) is 5.02 Å². The number of fused-ring (bicyclic) bond motifs is 1. The third-order valence-corrected chi connectivity index (χ3v) is 2.83. The number of hydrogen-bond donors (Lipinski definition) is 0. The lowest BCUT2D eigenvalue weighted by Gasteiger charge is -2.11. The molecule has 1 heterocycles. The molecule has 15 heavy (non-hydrogen) atoms. The lowest BCUT2D eigenvalue weighted by atomic mass is 10.2. The Labute approximate surface area is 93.1 Å². The van der Waals surface area contributed by atoms with Crippen molar-refractivity contribution in [1.82, 2.24) is 4.57 Å². The van der Waals surface area contributed by atoms with Crippen LogP contribution in [-0.2, 0) is 6.54 Å². The Hall–Kier alpha value is -1.28. The Morgan fingerprint density at radius 2 is 2.07 bits per heavy atom. The molecule has 0 radical (unpaired) electrons. The summed E-state index contributed by atoms with van der Waals surface area (Å²) in [5, 5.41) is 1.29. The number of aromatic nitrogens is 1. The van der Waals surface area contributed by atoms with Crippen LogP contribution in [0.4, 0.5) is 0 Å². The molecule has 3 heteroatoms. The van der Waals surface area contributed by atoms with Crippen molar-refractivity contribution in [3.8, 4) is 0 Å². The molecular formula is C12H12ClNO. The molecule has 0 fully saturated rings. The monoisotopic (exact) mass is 221 g/mol. The Kier molecular flexibility index (Phi) is 2.53. The second-order valence-corrected chi connectivity index (χ2v) is 3.99. The fourth-order valence-corrected chi connectivity index (χ4v) is 2.07. The van der Waals surface area contributed by atoms with Crippen molar-refractivity contribution < 1.29 is 0 Å². The number of nitrogens with zero attached hydrogens (tertiary/aromatic N) is 1. The van der Waals surface area contributed by atoms with Crippen LogP contribution in [0, 0.1) is 6.92 Å². The first-order chi connectivity index (χ1) is 7.13. The molecule has 0 bridgehead atoms. The largest absolute Gasteiger partial charge is 0.345 e. The van der Waals surface area contributed by atoms with Crippen LogP contribution in [0.15, 0.2) is 29.1 Å². The van der Waals surface area contributed by atoms with E-state index in [0.29, 0.717) is 10.4 Å². The summed E-state index contributed by atoms with van der Waals surface area (Å²) in [5.74, 6) is 0. The molecule has 0 spiro atoms. The predicted octanol–water partition coefficient (Wildman–Crippen LogP) is 2.98. The number of hydrogen-bond acceptors (Lipinski definition) is 1. The number of halogens is 1.